The fourth-order valence-corrected chi connectivity index (χ4v) is 2.34. The maximum Gasteiger partial charge on any atom is 0.228 e. The van der Waals surface area contributed by atoms with Gasteiger partial charge in [0, 0.05) is 17.7 Å². The topological polar surface area (TPSA) is 70.7 Å². The number of H-pyrrole nitrogens is 1. The second-order valence-corrected chi connectivity index (χ2v) is 5.32. The number of amides is 1. The van der Waals surface area contributed by atoms with Crippen LogP contribution in [-0.4, -0.2) is 21.1 Å². The number of nitrogens with zero attached hydrogens (tertiary/aromatic N) is 2. The normalized spacial score (nSPS) is 14.3. The Morgan fingerprint density at radius 3 is 2.81 bits per heavy atom. The molecule has 2 heterocycles. The molecule has 1 saturated carbocycles. The van der Waals surface area contributed by atoms with Gasteiger partial charge in [-0.3, -0.25) is 14.9 Å². The van der Waals surface area contributed by atoms with Crippen molar-refractivity contribution in [1.82, 2.24) is 15.2 Å². The summed E-state index contributed by atoms with van der Waals surface area (Å²) in [6, 6.07) is 11.9. The van der Waals surface area contributed by atoms with E-state index in [2.05, 4.69) is 20.5 Å². The van der Waals surface area contributed by atoms with Crippen LogP contribution in [0.3, 0.4) is 0 Å². The standard InChI is InChI=1S/C16H14N4O/c21-16(11-6-7-11)18-15-12-9-17-13(8-14(12)19-20-15)10-4-2-1-3-5-10/h1-5,8-9,11H,6-7H2,(H2,18,19,20,21). The number of hydrogen-bond donors (Lipinski definition) is 2. The molecule has 1 aliphatic carbocycles. The molecule has 4 rings (SSSR count). The molecular weight excluding hydrogens is 264 g/mol. The van der Waals surface area contributed by atoms with Crippen LogP contribution in [0.4, 0.5) is 5.82 Å². The Hall–Kier alpha value is -2.69. The van der Waals surface area contributed by atoms with Crippen molar-refractivity contribution in [2.24, 2.45) is 5.92 Å². The van der Waals surface area contributed by atoms with Crippen LogP contribution < -0.4 is 5.32 Å². The van der Waals surface area contributed by atoms with Gasteiger partial charge in [-0.1, -0.05) is 30.3 Å². The average molecular weight is 278 g/mol. The number of anilines is 1. The van der Waals surface area contributed by atoms with Crippen molar-refractivity contribution >= 4 is 22.6 Å². The summed E-state index contributed by atoms with van der Waals surface area (Å²) in [6.07, 6.45) is 3.71. The Labute approximate surface area is 121 Å². The number of hydrogen-bond acceptors (Lipinski definition) is 3. The van der Waals surface area contributed by atoms with Crippen LogP contribution in [0.15, 0.2) is 42.6 Å². The molecule has 0 saturated heterocycles. The molecule has 0 bridgehead atoms. The van der Waals surface area contributed by atoms with Crippen LogP contribution in [0.2, 0.25) is 0 Å². The minimum Gasteiger partial charge on any atom is -0.308 e. The fraction of sp³-hybridized carbons (Fsp3) is 0.188. The summed E-state index contributed by atoms with van der Waals surface area (Å²) < 4.78 is 0. The molecule has 0 unspecified atom stereocenters. The zero-order valence-electron chi connectivity index (χ0n) is 11.3. The number of benzene rings is 1. The average Bonchev–Trinajstić information content (AvgIpc) is 3.31. The number of pyridine rings is 1. The van der Waals surface area contributed by atoms with Crippen molar-refractivity contribution in [2.75, 3.05) is 5.32 Å². The van der Waals surface area contributed by atoms with Gasteiger partial charge in [-0.2, -0.15) is 5.10 Å². The first-order valence-corrected chi connectivity index (χ1v) is 7.02. The lowest BCUT2D eigenvalue weighted by Crippen LogP contribution is -2.13. The van der Waals surface area contributed by atoms with Gasteiger partial charge in [-0.05, 0) is 18.9 Å². The van der Waals surface area contributed by atoms with E-state index < -0.39 is 0 Å². The summed E-state index contributed by atoms with van der Waals surface area (Å²) in [5.41, 5.74) is 2.80. The molecule has 1 amide bonds. The molecule has 3 aromatic rings. The molecule has 2 aromatic heterocycles. The summed E-state index contributed by atoms with van der Waals surface area (Å²) >= 11 is 0. The van der Waals surface area contributed by atoms with Gasteiger partial charge in [0.15, 0.2) is 5.82 Å². The summed E-state index contributed by atoms with van der Waals surface area (Å²) in [4.78, 5) is 16.3. The third-order valence-corrected chi connectivity index (χ3v) is 3.71. The van der Waals surface area contributed by atoms with Gasteiger partial charge in [-0.15, -0.1) is 0 Å². The minimum absolute atomic E-state index is 0.0514. The first kappa shape index (κ1) is 12.1. The second-order valence-electron chi connectivity index (χ2n) is 5.32. The van der Waals surface area contributed by atoms with Crippen LogP contribution in [0, 0.1) is 5.92 Å². The molecule has 104 valence electrons. The second kappa shape index (κ2) is 4.70. The maximum atomic E-state index is 11.8. The number of carbonyl (C=O) groups excluding carboxylic acids is 1. The minimum atomic E-state index is 0.0514. The van der Waals surface area contributed by atoms with E-state index in [-0.39, 0.29) is 11.8 Å². The Morgan fingerprint density at radius 1 is 1.24 bits per heavy atom. The number of aromatic amines is 1. The molecule has 0 atom stereocenters. The predicted octanol–water partition coefficient (Wildman–Crippen LogP) is 2.97. The number of aromatic nitrogens is 3. The maximum absolute atomic E-state index is 11.8. The van der Waals surface area contributed by atoms with Gasteiger partial charge in [0.1, 0.15) is 0 Å². The number of carbonyl (C=O) groups is 1. The molecule has 0 spiro atoms. The van der Waals surface area contributed by atoms with Gasteiger partial charge in [-0.25, -0.2) is 0 Å². The van der Waals surface area contributed by atoms with Crippen molar-refractivity contribution < 1.29 is 4.79 Å². The smallest absolute Gasteiger partial charge is 0.228 e. The molecule has 1 aliphatic rings. The zero-order chi connectivity index (χ0) is 14.2. The van der Waals surface area contributed by atoms with Crippen molar-refractivity contribution in [1.29, 1.82) is 0 Å². The van der Waals surface area contributed by atoms with E-state index in [1.807, 2.05) is 36.4 Å². The van der Waals surface area contributed by atoms with Gasteiger partial charge < -0.3 is 5.32 Å². The largest absolute Gasteiger partial charge is 0.308 e. The van der Waals surface area contributed by atoms with Crippen LogP contribution in [-0.2, 0) is 4.79 Å². The van der Waals surface area contributed by atoms with Crippen molar-refractivity contribution in [3.8, 4) is 11.3 Å². The van der Waals surface area contributed by atoms with Crippen molar-refractivity contribution in [3.05, 3.63) is 42.6 Å². The van der Waals surface area contributed by atoms with Gasteiger partial charge in [0.25, 0.3) is 0 Å². The summed E-state index contributed by atoms with van der Waals surface area (Å²) in [6.45, 7) is 0. The van der Waals surface area contributed by atoms with Crippen molar-refractivity contribution in [3.63, 3.8) is 0 Å². The van der Waals surface area contributed by atoms with E-state index in [9.17, 15) is 4.79 Å². The lowest BCUT2D eigenvalue weighted by Gasteiger charge is -2.02. The fourth-order valence-electron chi connectivity index (χ4n) is 2.34. The Morgan fingerprint density at radius 2 is 2.05 bits per heavy atom. The summed E-state index contributed by atoms with van der Waals surface area (Å²) in [5, 5.41) is 10.8. The molecule has 21 heavy (non-hydrogen) atoms. The molecule has 0 radical (unpaired) electrons. The predicted molar refractivity (Wildman–Crippen MR) is 80.7 cm³/mol. The highest BCUT2D eigenvalue weighted by Gasteiger charge is 2.30. The van der Waals surface area contributed by atoms with E-state index in [4.69, 9.17) is 0 Å². The van der Waals surface area contributed by atoms with Gasteiger partial charge >= 0.3 is 0 Å². The Kier molecular flexibility index (Phi) is 2.70. The zero-order valence-corrected chi connectivity index (χ0v) is 11.3. The van der Waals surface area contributed by atoms with Gasteiger partial charge in [0.05, 0.1) is 16.6 Å². The molecule has 1 fully saturated rings. The molecular formula is C16H14N4O. The highest BCUT2D eigenvalue weighted by Crippen LogP contribution is 2.31. The van der Waals surface area contributed by atoms with Crippen LogP contribution in [0.25, 0.3) is 22.2 Å². The quantitative estimate of drug-likeness (QED) is 0.773. The van der Waals surface area contributed by atoms with Crippen LogP contribution in [0.1, 0.15) is 12.8 Å². The highest BCUT2D eigenvalue weighted by atomic mass is 16.2. The summed E-state index contributed by atoms with van der Waals surface area (Å²) in [7, 11) is 0. The number of nitrogens with one attached hydrogen (secondary N) is 2. The monoisotopic (exact) mass is 278 g/mol. The van der Waals surface area contributed by atoms with Crippen LogP contribution >= 0.6 is 0 Å². The number of rotatable bonds is 3. The van der Waals surface area contributed by atoms with Crippen molar-refractivity contribution in [2.45, 2.75) is 12.8 Å². The molecule has 5 heteroatoms. The van der Waals surface area contributed by atoms with E-state index in [1.54, 1.807) is 6.20 Å². The highest BCUT2D eigenvalue weighted by molar-refractivity contribution is 6.01. The lowest BCUT2D eigenvalue weighted by molar-refractivity contribution is -0.117. The van der Waals surface area contributed by atoms with E-state index in [0.717, 1.165) is 35.0 Å². The Bertz CT molecular complexity index is 806. The number of fused-ring (bicyclic) bond motifs is 1. The third-order valence-electron chi connectivity index (χ3n) is 3.71. The molecule has 1 aromatic carbocycles. The van der Waals surface area contributed by atoms with E-state index in [0.29, 0.717) is 5.82 Å². The first-order valence-electron chi connectivity index (χ1n) is 7.02. The Balaban J connectivity index is 1.68. The van der Waals surface area contributed by atoms with Gasteiger partial charge in [0.2, 0.25) is 5.91 Å². The third kappa shape index (κ3) is 2.27. The molecule has 0 aliphatic heterocycles. The molecule has 2 N–H and O–H groups in total. The summed E-state index contributed by atoms with van der Waals surface area (Å²) in [5.74, 6) is 0.776. The van der Waals surface area contributed by atoms with E-state index >= 15 is 0 Å². The first-order chi connectivity index (χ1) is 10.3. The lowest BCUT2D eigenvalue weighted by atomic mass is 10.1. The molecule has 5 nitrogen and oxygen atoms in total. The SMILES string of the molecule is O=C(Nc1n[nH]c2cc(-c3ccccc3)ncc12)C1CC1. The van der Waals surface area contributed by atoms with E-state index in [1.165, 1.54) is 0 Å². The van der Waals surface area contributed by atoms with Crippen LogP contribution in [0.5, 0.6) is 0 Å².